The van der Waals surface area contributed by atoms with E-state index < -0.39 is 0 Å². The summed E-state index contributed by atoms with van der Waals surface area (Å²) in [5, 5.41) is 8.84. The third kappa shape index (κ3) is 5.77. The van der Waals surface area contributed by atoms with Crippen LogP contribution in [-0.4, -0.2) is 18.3 Å². The van der Waals surface area contributed by atoms with Crippen molar-refractivity contribution in [1.29, 1.82) is 0 Å². The normalized spacial score (nSPS) is 12.7. The van der Waals surface area contributed by atoms with Crippen molar-refractivity contribution in [1.82, 2.24) is 18.3 Å². The molecule has 1 aliphatic rings. The molecule has 0 spiro atoms. The molecule has 0 unspecified atom stereocenters. The van der Waals surface area contributed by atoms with Crippen LogP contribution in [0.15, 0.2) is 237 Å². The van der Waals surface area contributed by atoms with E-state index in [1.165, 1.54) is 116 Å². The van der Waals surface area contributed by atoms with Crippen molar-refractivity contribution in [2.45, 2.75) is 12.8 Å². The van der Waals surface area contributed by atoms with Crippen LogP contribution in [0.1, 0.15) is 17.7 Å². The number of benzene rings is 10. The molecule has 15 rings (SSSR count). The minimum Gasteiger partial charge on any atom is -0.310 e. The summed E-state index contributed by atoms with van der Waals surface area (Å²) >= 11 is 0. The molecule has 4 aromatic heterocycles. The Morgan fingerprint density at radius 2 is 0.600 bits per heavy atom. The summed E-state index contributed by atoms with van der Waals surface area (Å²) in [6.45, 7) is 0. The van der Waals surface area contributed by atoms with Crippen LogP contribution in [0.5, 0.6) is 0 Å². The number of allylic oxidation sites excluding steroid dienone is 1. The van der Waals surface area contributed by atoms with Crippen LogP contribution in [0.25, 0.3) is 127 Å². The van der Waals surface area contributed by atoms with Crippen molar-refractivity contribution in [3.05, 3.63) is 248 Å². The van der Waals surface area contributed by atoms with Crippen LogP contribution in [0.4, 0.5) is 0 Å². The molecule has 0 N–H and O–H groups in total. The van der Waals surface area contributed by atoms with Crippen LogP contribution in [-0.2, 0) is 6.42 Å². The van der Waals surface area contributed by atoms with Crippen molar-refractivity contribution < 1.29 is 0 Å². The largest absolute Gasteiger partial charge is 0.310 e. The first kappa shape index (κ1) is 38.9. The highest BCUT2D eigenvalue weighted by molar-refractivity contribution is 6.19. The van der Waals surface area contributed by atoms with Gasteiger partial charge in [0.1, 0.15) is 0 Å². The van der Waals surface area contributed by atoms with Crippen molar-refractivity contribution in [3.8, 4) is 45.0 Å². The van der Waals surface area contributed by atoms with Gasteiger partial charge in [0.15, 0.2) is 0 Å². The lowest BCUT2D eigenvalue weighted by atomic mass is 10.0. The quantitative estimate of drug-likeness (QED) is 0.158. The molecule has 4 heterocycles. The van der Waals surface area contributed by atoms with Crippen LogP contribution in [0, 0.1) is 0 Å². The molecule has 0 bridgehead atoms. The van der Waals surface area contributed by atoms with Gasteiger partial charge in [0.2, 0.25) is 0 Å². The highest BCUT2D eigenvalue weighted by Gasteiger charge is 2.21. The van der Waals surface area contributed by atoms with Crippen LogP contribution in [0.3, 0.4) is 0 Å². The fraction of sp³-hybridized carbons (Fsp3) is 0.0303. The van der Waals surface area contributed by atoms with Crippen LogP contribution in [0.2, 0.25) is 0 Å². The third-order valence-electron chi connectivity index (χ3n) is 15.0. The SMILES string of the molecule is C1=Cc2c(c3ccccc3n2-c2cccc(-c3cccc(-n4c5ccccc5c5cc6c7ccccc7n(-c7cccc(-c8cccc(-n9c%10ccccc%10c%10ccccc%109)c8)c7)c6cc54)c3)c2)CC1. The number of para-hydroxylation sites is 5. The second-order valence-corrected chi connectivity index (χ2v) is 18.8. The average Bonchev–Trinajstić information content (AvgIpc) is 4.15. The molecular weight excluding hydrogens is 849 g/mol. The lowest BCUT2D eigenvalue weighted by molar-refractivity contribution is 0.968. The summed E-state index contributed by atoms with van der Waals surface area (Å²) in [4.78, 5) is 0. The van der Waals surface area contributed by atoms with E-state index in [4.69, 9.17) is 0 Å². The van der Waals surface area contributed by atoms with Crippen molar-refractivity contribution >= 4 is 82.4 Å². The number of aryl methyl sites for hydroxylation is 1. The molecule has 10 aromatic carbocycles. The van der Waals surface area contributed by atoms with E-state index in [2.05, 4.69) is 261 Å². The fourth-order valence-electron chi connectivity index (χ4n) is 12.0. The van der Waals surface area contributed by atoms with Gasteiger partial charge in [-0.15, -0.1) is 0 Å². The Morgan fingerprint density at radius 3 is 1.03 bits per heavy atom. The monoisotopic (exact) mass is 892 g/mol. The van der Waals surface area contributed by atoms with Gasteiger partial charge in [0, 0.05) is 66.1 Å². The Morgan fingerprint density at radius 1 is 0.257 bits per heavy atom. The Hall–Kier alpha value is -9.12. The second-order valence-electron chi connectivity index (χ2n) is 18.8. The zero-order chi connectivity index (χ0) is 45.9. The lowest BCUT2D eigenvalue weighted by Crippen LogP contribution is -2.00. The maximum absolute atomic E-state index is 2.47. The van der Waals surface area contributed by atoms with E-state index in [-0.39, 0.29) is 0 Å². The van der Waals surface area contributed by atoms with Gasteiger partial charge >= 0.3 is 0 Å². The maximum atomic E-state index is 2.47. The first-order valence-corrected chi connectivity index (χ1v) is 24.4. The van der Waals surface area contributed by atoms with E-state index >= 15 is 0 Å². The van der Waals surface area contributed by atoms with Gasteiger partial charge in [-0.1, -0.05) is 146 Å². The fourth-order valence-corrected chi connectivity index (χ4v) is 12.0. The van der Waals surface area contributed by atoms with E-state index in [1.54, 1.807) is 0 Å². The summed E-state index contributed by atoms with van der Waals surface area (Å²) in [5.74, 6) is 0. The van der Waals surface area contributed by atoms with Gasteiger partial charge in [-0.25, -0.2) is 0 Å². The number of aromatic nitrogens is 4. The van der Waals surface area contributed by atoms with E-state index in [9.17, 15) is 0 Å². The van der Waals surface area contributed by atoms with Gasteiger partial charge in [-0.2, -0.15) is 0 Å². The molecule has 0 aliphatic heterocycles. The molecule has 328 valence electrons. The predicted molar refractivity (Wildman–Crippen MR) is 295 cm³/mol. The van der Waals surface area contributed by atoms with Crippen molar-refractivity contribution in [2.24, 2.45) is 0 Å². The molecule has 4 heteroatoms. The van der Waals surface area contributed by atoms with Gasteiger partial charge in [-0.05, 0) is 138 Å². The number of rotatable bonds is 6. The molecule has 70 heavy (non-hydrogen) atoms. The number of nitrogens with zero attached hydrogens (tertiary/aromatic N) is 4. The standard InChI is InChI=1S/C66H44N4/c1-7-31-59-51(25-1)52-26-2-8-32-60(52)67(59)47-21-13-17-43(37-47)45-19-15-23-49(39-45)69-63-35-11-5-29-55(63)57-41-58-56-30-6-12-36-64(56)70(66(58)42-65(57)69)50-24-16-20-46(40-50)44-18-14-22-48(38-44)68-61-33-9-3-27-53(61)54-28-4-10-34-62(54)68/h1-3,5-27,29-42H,4,28H2. The topological polar surface area (TPSA) is 19.7 Å². The smallest absolute Gasteiger partial charge is 0.0562 e. The molecule has 0 amide bonds. The Bertz CT molecular complexity index is 4440. The highest BCUT2D eigenvalue weighted by Crippen LogP contribution is 2.42. The van der Waals surface area contributed by atoms with Gasteiger partial charge < -0.3 is 18.3 Å². The van der Waals surface area contributed by atoms with E-state index in [0.29, 0.717) is 0 Å². The zero-order valence-electron chi connectivity index (χ0n) is 38.3. The number of fused-ring (bicyclic) bond motifs is 12. The molecular formula is C66H44N4. The zero-order valence-corrected chi connectivity index (χ0v) is 38.3. The Balaban J connectivity index is 0.881. The summed E-state index contributed by atoms with van der Waals surface area (Å²) < 4.78 is 9.78. The van der Waals surface area contributed by atoms with Crippen molar-refractivity contribution in [2.75, 3.05) is 0 Å². The van der Waals surface area contributed by atoms with Gasteiger partial charge in [-0.3, -0.25) is 0 Å². The molecule has 0 atom stereocenters. The Kier molecular flexibility index (Phi) is 8.45. The Labute approximate surface area is 404 Å². The molecule has 0 radical (unpaired) electrons. The average molecular weight is 893 g/mol. The summed E-state index contributed by atoms with van der Waals surface area (Å²) in [6, 6.07) is 85.1. The predicted octanol–water partition coefficient (Wildman–Crippen LogP) is 17.2. The minimum absolute atomic E-state index is 1.07. The molecule has 14 aromatic rings. The first-order valence-electron chi connectivity index (χ1n) is 24.4. The second kappa shape index (κ2) is 15.2. The van der Waals surface area contributed by atoms with E-state index in [0.717, 1.165) is 29.9 Å². The molecule has 0 fully saturated rings. The van der Waals surface area contributed by atoms with Crippen LogP contribution < -0.4 is 0 Å². The molecule has 0 saturated carbocycles. The molecule has 4 nitrogen and oxygen atoms in total. The van der Waals surface area contributed by atoms with Gasteiger partial charge in [0.25, 0.3) is 0 Å². The van der Waals surface area contributed by atoms with Crippen LogP contribution >= 0.6 is 0 Å². The number of hydrogen-bond donors (Lipinski definition) is 0. The van der Waals surface area contributed by atoms with Crippen molar-refractivity contribution in [3.63, 3.8) is 0 Å². The number of hydrogen-bond acceptors (Lipinski definition) is 0. The first-order chi connectivity index (χ1) is 34.7. The minimum atomic E-state index is 1.07. The summed E-state index contributed by atoms with van der Waals surface area (Å²) in [6.07, 6.45) is 6.78. The third-order valence-corrected chi connectivity index (χ3v) is 15.0. The highest BCUT2D eigenvalue weighted by atomic mass is 15.0. The summed E-state index contributed by atoms with van der Waals surface area (Å²) in [7, 11) is 0. The summed E-state index contributed by atoms with van der Waals surface area (Å²) in [5.41, 5.74) is 20.4. The lowest BCUT2D eigenvalue weighted by Gasteiger charge is -2.14. The molecule has 0 saturated heterocycles. The molecule has 1 aliphatic carbocycles. The van der Waals surface area contributed by atoms with E-state index in [1.807, 2.05) is 0 Å². The van der Waals surface area contributed by atoms with Gasteiger partial charge in [0.05, 0.1) is 38.6 Å². The maximum Gasteiger partial charge on any atom is 0.0562 e.